The molecule has 0 N–H and O–H groups in total. The molecular formula is C5H13Cl3Sn. The molecule has 0 aromatic carbocycles. The second-order valence-electron chi connectivity index (χ2n) is 1.10. The maximum absolute atomic E-state index is 5.02. The van der Waals surface area contributed by atoms with Crippen LogP contribution in [0, 0.1) is 14.4 Å². The number of unbranched alkanes of at least 4 members (excludes halogenated alkanes) is 1. The van der Waals surface area contributed by atoms with Crippen LogP contribution in [0.25, 0.3) is 0 Å². The minimum absolute atomic E-state index is 0. The molecule has 0 aromatic rings. The Hall–Kier alpha value is 1.67. The Morgan fingerprint density at radius 1 is 1.33 bits per heavy atom. The van der Waals surface area contributed by atoms with E-state index in [0.29, 0.717) is 0 Å². The third-order valence-corrected chi connectivity index (χ3v) is 0.354. The Labute approximate surface area is 76.8 Å². The fourth-order valence-electron chi connectivity index (χ4n) is 0. The van der Waals surface area contributed by atoms with Gasteiger partial charge in [0.1, 0.15) is 0 Å². The summed E-state index contributed by atoms with van der Waals surface area (Å²) < 4.78 is 0. The summed E-state index contributed by atoms with van der Waals surface area (Å²) in [6.45, 7) is 5.72. The van der Waals surface area contributed by atoms with Crippen LogP contribution in [-0.2, 0) is 0 Å². The molecule has 0 rings (SSSR count). The molecule has 0 unspecified atom stereocenters. The van der Waals surface area contributed by atoms with Crippen molar-refractivity contribution < 1.29 is 0 Å². The van der Waals surface area contributed by atoms with Gasteiger partial charge in [-0.15, -0.1) is 0 Å². The zero-order valence-corrected chi connectivity index (χ0v) is 11.4. The van der Waals surface area contributed by atoms with Crippen LogP contribution >= 0.6 is 26.8 Å². The standard InChI is InChI=1S/C4H9.CH3.3ClH.Sn.H/c1-3-4-2;;;;;;/h1,3-4H2,2H3;1H3;3*1H;;/q;;;;;+3;/p-3. The van der Waals surface area contributed by atoms with Crippen molar-refractivity contribution in [1.82, 2.24) is 0 Å². The van der Waals surface area contributed by atoms with Crippen LogP contribution in [0.5, 0.6) is 0 Å². The van der Waals surface area contributed by atoms with E-state index < -0.39 is 16.4 Å². The second-order valence-corrected chi connectivity index (χ2v) is 15.8. The molecule has 0 nitrogen and oxygen atoms in total. The van der Waals surface area contributed by atoms with Crippen LogP contribution in [0.1, 0.15) is 19.8 Å². The first-order chi connectivity index (χ1) is 3.65. The first-order valence-electron chi connectivity index (χ1n) is 2.36. The van der Waals surface area contributed by atoms with Gasteiger partial charge in [-0.05, 0) is 0 Å². The summed E-state index contributed by atoms with van der Waals surface area (Å²) in [7, 11) is 15.0. The molecule has 58 valence electrons. The van der Waals surface area contributed by atoms with Crippen molar-refractivity contribution in [2.75, 3.05) is 0 Å². The Morgan fingerprint density at radius 3 is 1.44 bits per heavy atom. The predicted molar refractivity (Wildman–Crippen MR) is 51.4 cm³/mol. The van der Waals surface area contributed by atoms with Crippen LogP contribution in [0.4, 0.5) is 0 Å². The summed E-state index contributed by atoms with van der Waals surface area (Å²) in [5, 5.41) is 0. The van der Waals surface area contributed by atoms with E-state index in [1.807, 2.05) is 0 Å². The molecule has 0 aliphatic heterocycles. The maximum atomic E-state index is 5.02. The number of hydrogen-bond donors (Lipinski definition) is 0. The minimum atomic E-state index is -2.22. The summed E-state index contributed by atoms with van der Waals surface area (Å²) in [6, 6.07) is 0. The van der Waals surface area contributed by atoms with Crippen molar-refractivity contribution in [1.29, 1.82) is 0 Å². The van der Waals surface area contributed by atoms with E-state index in [4.69, 9.17) is 26.8 Å². The SMILES string of the molecule is [CH2]CCC.[CH3].[Cl][SnH]([Cl])[Cl]. The van der Waals surface area contributed by atoms with E-state index in [1.165, 1.54) is 6.42 Å². The van der Waals surface area contributed by atoms with Gasteiger partial charge in [-0.25, -0.2) is 0 Å². The van der Waals surface area contributed by atoms with E-state index in [0.717, 1.165) is 6.42 Å². The fraction of sp³-hybridized carbons (Fsp3) is 0.600. The Bertz CT molecular complexity index is 28.6. The zero-order chi connectivity index (χ0) is 6.99. The topological polar surface area (TPSA) is 0 Å². The number of rotatable bonds is 1. The fourth-order valence-corrected chi connectivity index (χ4v) is 0. The molecule has 0 bridgehead atoms. The van der Waals surface area contributed by atoms with Crippen LogP contribution < -0.4 is 0 Å². The van der Waals surface area contributed by atoms with Crippen LogP contribution in [0.2, 0.25) is 0 Å². The van der Waals surface area contributed by atoms with Crippen LogP contribution in [0.3, 0.4) is 0 Å². The Balaban J connectivity index is -0.0000000720. The second kappa shape index (κ2) is 16.3. The van der Waals surface area contributed by atoms with Gasteiger partial charge >= 0.3 is 43.1 Å². The average molecular weight is 298 g/mol. The third kappa shape index (κ3) is 79.8. The summed E-state index contributed by atoms with van der Waals surface area (Å²) in [6.07, 6.45) is 2.28. The average Bonchev–Trinajstić information content (AvgIpc) is 1.65. The van der Waals surface area contributed by atoms with Gasteiger partial charge in [0.2, 0.25) is 0 Å². The quantitative estimate of drug-likeness (QED) is 0.650. The molecule has 0 fully saturated rings. The molecule has 0 spiro atoms. The van der Waals surface area contributed by atoms with Gasteiger partial charge < -0.3 is 0 Å². The Kier molecular flexibility index (Phi) is 30.8. The summed E-state index contributed by atoms with van der Waals surface area (Å²) in [4.78, 5) is 0. The number of hydrogen-bond acceptors (Lipinski definition) is 0. The van der Waals surface area contributed by atoms with Crippen molar-refractivity contribution >= 4 is 43.1 Å². The summed E-state index contributed by atoms with van der Waals surface area (Å²) >= 11 is -2.22. The van der Waals surface area contributed by atoms with Crippen molar-refractivity contribution in [3.8, 4) is 0 Å². The van der Waals surface area contributed by atoms with Crippen molar-refractivity contribution in [3.05, 3.63) is 14.4 Å². The van der Waals surface area contributed by atoms with Crippen LogP contribution in [-0.4, -0.2) is 16.4 Å². The molecule has 0 saturated carbocycles. The Morgan fingerprint density at radius 2 is 1.44 bits per heavy atom. The molecule has 0 aromatic heterocycles. The van der Waals surface area contributed by atoms with Gasteiger partial charge in [-0.3, -0.25) is 0 Å². The first-order valence-corrected chi connectivity index (χ1v) is 14.9. The van der Waals surface area contributed by atoms with Gasteiger partial charge in [0.15, 0.2) is 0 Å². The first kappa shape index (κ1) is 17.0. The van der Waals surface area contributed by atoms with Crippen LogP contribution in [0.15, 0.2) is 0 Å². The van der Waals surface area contributed by atoms with Gasteiger partial charge in [-0.1, -0.05) is 34.1 Å². The molecule has 9 heavy (non-hydrogen) atoms. The van der Waals surface area contributed by atoms with E-state index in [1.54, 1.807) is 0 Å². The van der Waals surface area contributed by atoms with Gasteiger partial charge in [-0.2, -0.15) is 0 Å². The van der Waals surface area contributed by atoms with E-state index >= 15 is 0 Å². The summed E-state index contributed by atoms with van der Waals surface area (Å²) in [5.41, 5.74) is 0. The van der Waals surface area contributed by atoms with Crippen molar-refractivity contribution in [2.45, 2.75) is 19.8 Å². The monoisotopic (exact) mass is 298 g/mol. The zero-order valence-electron chi connectivity index (χ0n) is 5.83. The molecule has 2 radical (unpaired) electrons. The summed E-state index contributed by atoms with van der Waals surface area (Å²) in [5.74, 6) is 0. The molecule has 4 heteroatoms. The molecule has 0 saturated heterocycles. The van der Waals surface area contributed by atoms with E-state index in [-0.39, 0.29) is 7.43 Å². The molecule has 0 aliphatic carbocycles. The molecular weight excluding hydrogens is 285 g/mol. The third-order valence-electron chi connectivity index (χ3n) is 0.354. The molecule has 0 amide bonds. The van der Waals surface area contributed by atoms with Gasteiger partial charge in [0.25, 0.3) is 0 Å². The van der Waals surface area contributed by atoms with E-state index in [2.05, 4.69) is 13.8 Å². The van der Waals surface area contributed by atoms with Gasteiger partial charge in [0, 0.05) is 0 Å². The number of halogens is 3. The normalized spacial score (nSPS) is 7.33. The van der Waals surface area contributed by atoms with Gasteiger partial charge in [0.05, 0.1) is 0 Å². The molecule has 0 atom stereocenters. The predicted octanol–water partition coefficient (Wildman–Crippen LogP) is 3.49. The van der Waals surface area contributed by atoms with E-state index in [9.17, 15) is 0 Å². The van der Waals surface area contributed by atoms with Crippen molar-refractivity contribution in [2.24, 2.45) is 0 Å². The van der Waals surface area contributed by atoms with Crippen molar-refractivity contribution in [3.63, 3.8) is 0 Å². The molecule has 0 aliphatic rings. The molecule has 0 heterocycles.